The molecule has 0 aliphatic heterocycles. The van der Waals surface area contributed by atoms with Gasteiger partial charge in [0.25, 0.3) is 6.43 Å². The van der Waals surface area contributed by atoms with Crippen molar-refractivity contribution in [3.8, 4) is 0 Å². The molecule has 4 heteroatoms. The Hall–Kier alpha value is -1.06. The number of rotatable bonds is 1. The highest BCUT2D eigenvalue weighted by atomic mass is 19.3. The Morgan fingerprint density at radius 1 is 1.56 bits per heavy atom. The second-order valence-corrected chi connectivity index (χ2v) is 1.34. The first-order valence-electron chi connectivity index (χ1n) is 2.28. The van der Waals surface area contributed by atoms with E-state index in [-0.39, 0.29) is 0 Å². The zero-order chi connectivity index (χ0) is 6.69. The van der Waals surface area contributed by atoms with Crippen LogP contribution >= 0.6 is 0 Å². The van der Waals surface area contributed by atoms with E-state index in [0.29, 0.717) is 0 Å². The molecule has 0 saturated carbocycles. The van der Waals surface area contributed by atoms with Gasteiger partial charge in [0, 0.05) is 6.20 Å². The van der Waals surface area contributed by atoms with Gasteiger partial charge in [-0.3, -0.25) is 0 Å². The van der Waals surface area contributed by atoms with E-state index in [4.69, 9.17) is 0 Å². The highest BCUT2D eigenvalue weighted by Gasteiger charge is 2.07. The third-order valence-corrected chi connectivity index (χ3v) is 0.730. The Kier molecular flexibility index (Phi) is 1.67. The van der Waals surface area contributed by atoms with Gasteiger partial charge >= 0.3 is 0 Å². The van der Waals surface area contributed by atoms with Crippen molar-refractivity contribution in [2.75, 3.05) is 0 Å². The van der Waals surface area contributed by atoms with Crippen LogP contribution in [0.15, 0.2) is 12.3 Å². The van der Waals surface area contributed by atoms with Crippen molar-refractivity contribution < 1.29 is 8.78 Å². The van der Waals surface area contributed by atoms with Crippen LogP contribution in [0.2, 0.25) is 0 Å². The van der Waals surface area contributed by atoms with Crippen molar-refractivity contribution in [1.82, 2.24) is 9.97 Å². The number of aromatic nitrogens is 2. The Labute approximate surface area is 50.6 Å². The van der Waals surface area contributed by atoms with Crippen LogP contribution in [0.4, 0.5) is 8.78 Å². The smallest absolute Gasteiger partial charge is 0.236 e. The highest BCUT2D eigenvalue weighted by molar-refractivity contribution is 4.87. The average molecular weight is 129 g/mol. The lowest BCUT2D eigenvalue weighted by Crippen LogP contribution is -1.91. The summed E-state index contributed by atoms with van der Waals surface area (Å²) in [7, 11) is 0. The largest absolute Gasteiger partial charge is 0.297 e. The second kappa shape index (κ2) is 2.48. The summed E-state index contributed by atoms with van der Waals surface area (Å²) in [5.74, 6) is -0.475. The van der Waals surface area contributed by atoms with Gasteiger partial charge in [-0.25, -0.2) is 18.7 Å². The monoisotopic (exact) mass is 129 g/mol. The van der Waals surface area contributed by atoms with E-state index >= 15 is 0 Å². The van der Waals surface area contributed by atoms with E-state index in [1.54, 1.807) is 0 Å². The molecule has 0 spiro atoms. The number of halogens is 2. The average Bonchev–Trinajstić information content (AvgIpc) is 1.90. The molecule has 0 fully saturated rings. The first-order chi connectivity index (χ1) is 4.30. The Bertz CT molecular complexity index is 176. The van der Waals surface area contributed by atoms with E-state index in [1.165, 1.54) is 12.3 Å². The number of alkyl halides is 2. The predicted molar refractivity (Wildman–Crippen MR) is 25.8 cm³/mol. The maximum atomic E-state index is 11.6. The van der Waals surface area contributed by atoms with E-state index in [0.717, 1.165) is 0 Å². The van der Waals surface area contributed by atoms with Gasteiger partial charge in [0.2, 0.25) is 0 Å². The molecule has 47 valence electrons. The molecule has 1 aromatic rings. The molecule has 0 saturated heterocycles. The normalized spacial score (nSPS) is 10.1. The van der Waals surface area contributed by atoms with Crippen LogP contribution in [-0.4, -0.2) is 9.97 Å². The van der Waals surface area contributed by atoms with Crippen LogP contribution in [0.3, 0.4) is 0 Å². The van der Waals surface area contributed by atoms with Gasteiger partial charge < -0.3 is 0 Å². The molecule has 0 amide bonds. The molecule has 0 bridgehead atoms. The van der Waals surface area contributed by atoms with Crippen molar-refractivity contribution in [1.29, 1.82) is 0 Å². The SMILES string of the molecule is FC(F)c1n[c]ccn1. The molecule has 1 aromatic heterocycles. The quantitative estimate of drug-likeness (QED) is 0.569. The van der Waals surface area contributed by atoms with E-state index < -0.39 is 12.2 Å². The summed E-state index contributed by atoms with van der Waals surface area (Å²) in [5.41, 5.74) is 0. The van der Waals surface area contributed by atoms with Crippen LogP contribution in [0.25, 0.3) is 0 Å². The zero-order valence-electron chi connectivity index (χ0n) is 4.38. The third kappa shape index (κ3) is 1.42. The molecule has 0 aliphatic carbocycles. The summed E-state index contributed by atoms with van der Waals surface area (Å²) in [6.07, 6.45) is 0.886. The first-order valence-corrected chi connectivity index (χ1v) is 2.28. The maximum Gasteiger partial charge on any atom is 0.297 e. The molecule has 1 rings (SSSR count). The second-order valence-electron chi connectivity index (χ2n) is 1.34. The van der Waals surface area contributed by atoms with Crippen molar-refractivity contribution >= 4 is 0 Å². The highest BCUT2D eigenvalue weighted by Crippen LogP contribution is 2.10. The molecule has 0 aromatic carbocycles. The molecule has 1 heterocycles. The molecule has 0 aliphatic rings. The first kappa shape index (κ1) is 6.07. The maximum absolute atomic E-state index is 11.6. The Morgan fingerprint density at radius 2 is 2.33 bits per heavy atom. The standard InChI is InChI=1S/C5H3F2N2/c6-4(7)5-8-2-1-3-9-5/h1-2,4H. The minimum Gasteiger partial charge on any atom is -0.236 e. The van der Waals surface area contributed by atoms with Crippen LogP contribution in [0, 0.1) is 6.20 Å². The van der Waals surface area contributed by atoms with Crippen LogP contribution < -0.4 is 0 Å². The number of hydrogen-bond acceptors (Lipinski definition) is 2. The van der Waals surface area contributed by atoms with Crippen molar-refractivity contribution in [3.05, 3.63) is 24.3 Å². The predicted octanol–water partition coefficient (Wildman–Crippen LogP) is 1.21. The van der Waals surface area contributed by atoms with Crippen LogP contribution in [0.1, 0.15) is 12.2 Å². The molecular formula is C5H3F2N2. The van der Waals surface area contributed by atoms with E-state index in [1.807, 2.05) is 0 Å². The van der Waals surface area contributed by atoms with Gasteiger partial charge in [0.15, 0.2) is 5.82 Å². The lowest BCUT2D eigenvalue weighted by molar-refractivity contribution is 0.140. The summed E-state index contributed by atoms with van der Waals surface area (Å²) in [5, 5.41) is 0. The molecule has 9 heavy (non-hydrogen) atoms. The van der Waals surface area contributed by atoms with Gasteiger partial charge in [0.05, 0.1) is 6.20 Å². The fourth-order valence-corrected chi connectivity index (χ4v) is 0.384. The van der Waals surface area contributed by atoms with Crippen molar-refractivity contribution in [2.24, 2.45) is 0 Å². The summed E-state index contributed by atoms with van der Waals surface area (Å²) in [6.45, 7) is 0. The van der Waals surface area contributed by atoms with Crippen molar-refractivity contribution in [2.45, 2.75) is 6.43 Å². The van der Waals surface area contributed by atoms with Crippen LogP contribution in [-0.2, 0) is 0 Å². The summed E-state index contributed by atoms with van der Waals surface area (Å²) >= 11 is 0. The molecule has 0 unspecified atom stereocenters. The topological polar surface area (TPSA) is 25.8 Å². The zero-order valence-corrected chi connectivity index (χ0v) is 4.38. The summed E-state index contributed by atoms with van der Waals surface area (Å²) in [6, 6.07) is 1.37. The fourth-order valence-electron chi connectivity index (χ4n) is 0.384. The molecule has 1 radical (unpaired) electrons. The van der Waals surface area contributed by atoms with Gasteiger partial charge in [-0.1, -0.05) is 0 Å². The van der Waals surface area contributed by atoms with E-state index in [9.17, 15) is 8.78 Å². The molecular weight excluding hydrogens is 126 g/mol. The van der Waals surface area contributed by atoms with Gasteiger partial charge in [0.1, 0.15) is 0 Å². The number of hydrogen-bond donors (Lipinski definition) is 0. The third-order valence-electron chi connectivity index (χ3n) is 0.730. The van der Waals surface area contributed by atoms with Crippen LogP contribution in [0.5, 0.6) is 0 Å². The van der Waals surface area contributed by atoms with Gasteiger partial charge in [-0.2, -0.15) is 0 Å². The van der Waals surface area contributed by atoms with Gasteiger partial charge in [-0.15, -0.1) is 0 Å². The molecule has 2 nitrogen and oxygen atoms in total. The molecule has 0 N–H and O–H groups in total. The molecule has 0 atom stereocenters. The summed E-state index contributed by atoms with van der Waals surface area (Å²) in [4.78, 5) is 6.48. The van der Waals surface area contributed by atoms with E-state index in [2.05, 4.69) is 16.2 Å². The minimum atomic E-state index is -2.59. The Morgan fingerprint density at radius 3 is 2.67 bits per heavy atom. The summed E-state index contributed by atoms with van der Waals surface area (Å²) < 4.78 is 23.2. The van der Waals surface area contributed by atoms with Crippen molar-refractivity contribution in [3.63, 3.8) is 0 Å². The van der Waals surface area contributed by atoms with Gasteiger partial charge in [-0.05, 0) is 6.07 Å². The minimum absolute atomic E-state index is 0.475. The fraction of sp³-hybridized carbons (Fsp3) is 0.200. The lowest BCUT2D eigenvalue weighted by atomic mass is 10.6. The lowest BCUT2D eigenvalue weighted by Gasteiger charge is -1.91. The number of nitrogens with zero attached hydrogens (tertiary/aromatic N) is 2. The Balaban J connectivity index is 2.85.